The van der Waals surface area contributed by atoms with E-state index in [4.69, 9.17) is 14.2 Å². The quantitative estimate of drug-likeness (QED) is 0.542. The molecule has 4 fully saturated rings. The van der Waals surface area contributed by atoms with Crippen molar-refractivity contribution in [3.05, 3.63) is 11.6 Å². The Morgan fingerprint density at radius 1 is 1.26 bits per heavy atom. The molecule has 6 nitrogen and oxygen atoms in total. The molecule has 1 heterocycles. The van der Waals surface area contributed by atoms with Crippen LogP contribution in [-0.4, -0.2) is 48.6 Å². The first-order valence-corrected chi connectivity index (χ1v) is 12.0. The van der Waals surface area contributed by atoms with E-state index in [1.54, 1.807) is 0 Å². The smallest absolute Gasteiger partial charge is 0.293 e. The zero-order valence-electron chi connectivity index (χ0n) is 19.0. The highest BCUT2D eigenvalue weighted by atomic mass is 16.7. The fourth-order valence-electron chi connectivity index (χ4n) is 8.66. The van der Waals surface area contributed by atoms with Crippen molar-refractivity contribution in [3.63, 3.8) is 0 Å². The maximum atomic E-state index is 12.6. The van der Waals surface area contributed by atoms with Gasteiger partial charge in [0.25, 0.3) is 6.47 Å². The molecule has 4 aliphatic carbocycles. The van der Waals surface area contributed by atoms with Crippen molar-refractivity contribution in [3.8, 4) is 0 Å². The van der Waals surface area contributed by atoms with Gasteiger partial charge in [-0.15, -0.1) is 0 Å². The molecule has 3 saturated carbocycles. The van der Waals surface area contributed by atoms with Crippen LogP contribution in [0.5, 0.6) is 0 Å². The number of hydrogen-bond acceptors (Lipinski definition) is 6. The third kappa shape index (κ3) is 2.87. The number of Topliss-reactive ketones (excluding diaryl/α,β-unsaturated/α-hetero) is 1. The summed E-state index contributed by atoms with van der Waals surface area (Å²) in [5, 5.41) is 11.5. The van der Waals surface area contributed by atoms with Crippen LogP contribution in [-0.2, 0) is 23.8 Å². The van der Waals surface area contributed by atoms with Crippen molar-refractivity contribution in [1.29, 1.82) is 0 Å². The zero-order valence-corrected chi connectivity index (χ0v) is 19.0. The summed E-state index contributed by atoms with van der Waals surface area (Å²) in [7, 11) is 0. The van der Waals surface area contributed by atoms with Crippen LogP contribution in [0.3, 0.4) is 0 Å². The molecule has 7 atom stereocenters. The Morgan fingerprint density at radius 3 is 2.68 bits per heavy atom. The molecule has 172 valence electrons. The van der Waals surface area contributed by atoms with E-state index in [1.165, 1.54) is 12.5 Å². The van der Waals surface area contributed by atoms with Gasteiger partial charge in [0.05, 0.1) is 19.8 Å². The highest BCUT2D eigenvalue weighted by Gasteiger charge is 2.68. The molecule has 1 aliphatic heterocycles. The molecule has 0 amide bonds. The van der Waals surface area contributed by atoms with Gasteiger partial charge >= 0.3 is 0 Å². The molecule has 0 bridgehead atoms. The highest BCUT2D eigenvalue weighted by molar-refractivity contribution is 5.86. The molecule has 0 radical (unpaired) electrons. The lowest BCUT2D eigenvalue weighted by Crippen LogP contribution is -2.60. The van der Waals surface area contributed by atoms with Crippen LogP contribution in [0, 0.1) is 34.5 Å². The minimum atomic E-state index is -1.28. The van der Waals surface area contributed by atoms with Crippen LogP contribution >= 0.6 is 0 Å². The highest BCUT2D eigenvalue weighted by Crippen LogP contribution is 2.69. The summed E-state index contributed by atoms with van der Waals surface area (Å²) >= 11 is 0. The van der Waals surface area contributed by atoms with Crippen LogP contribution in [0.2, 0.25) is 0 Å². The lowest BCUT2D eigenvalue weighted by atomic mass is 9.44. The van der Waals surface area contributed by atoms with Crippen molar-refractivity contribution in [2.75, 3.05) is 19.8 Å². The van der Waals surface area contributed by atoms with E-state index in [9.17, 15) is 14.7 Å². The van der Waals surface area contributed by atoms with E-state index in [1.807, 2.05) is 0 Å². The maximum Gasteiger partial charge on any atom is 0.293 e. The molecular formula is C25H36O6. The second kappa shape index (κ2) is 7.13. The molecule has 1 spiro atoms. The minimum Gasteiger partial charge on any atom is -0.468 e. The molecular weight excluding hydrogens is 396 g/mol. The van der Waals surface area contributed by atoms with Crippen molar-refractivity contribution in [1.82, 2.24) is 0 Å². The van der Waals surface area contributed by atoms with E-state index in [2.05, 4.69) is 19.9 Å². The van der Waals surface area contributed by atoms with E-state index < -0.39 is 16.8 Å². The van der Waals surface area contributed by atoms with Crippen LogP contribution in [0.4, 0.5) is 0 Å². The molecule has 31 heavy (non-hydrogen) atoms. The monoisotopic (exact) mass is 432 g/mol. The number of ether oxygens (including phenoxy) is 3. The number of carbonyl (C=O) groups excluding carboxylic acids is 2. The SMILES string of the molecule is CC(=O)[C@@]1(O)CCC2C3CC=C4CC5(CC[C@]4(C)C3[C@H](COC=O)CC21C)OCCO5. The lowest BCUT2D eigenvalue weighted by Gasteiger charge is -2.62. The van der Waals surface area contributed by atoms with Gasteiger partial charge in [0, 0.05) is 18.3 Å². The van der Waals surface area contributed by atoms with Gasteiger partial charge in [-0.05, 0) is 68.1 Å². The Labute approximate surface area is 184 Å². The summed E-state index contributed by atoms with van der Waals surface area (Å²) < 4.78 is 17.4. The van der Waals surface area contributed by atoms with Crippen LogP contribution < -0.4 is 0 Å². The minimum absolute atomic E-state index is 0.00134. The van der Waals surface area contributed by atoms with Gasteiger partial charge in [-0.3, -0.25) is 9.59 Å². The Bertz CT molecular complexity index is 800. The lowest BCUT2D eigenvalue weighted by molar-refractivity contribution is -0.197. The second-order valence-electron chi connectivity index (χ2n) is 11.2. The summed E-state index contributed by atoms with van der Waals surface area (Å²) in [6, 6.07) is 0. The number of rotatable bonds is 4. The molecule has 0 aromatic carbocycles. The van der Waals surface area contributed by atoms with E-state index in [0.717, 1.165) is 32.1 Å². The normalized spacial score (nSPS) is 47.8. The third-order valence-electron chi connectivity index (χ3n) is 10.1. The van der Waals surface area contributed by atoms with Gasteiger partial charge in [0.1, 0.15) is 5.60 Å². The van der Waals surface area contributed by atoms with Gasteiger partial charge in [-0.1, -0.05) is 25.5 Å². The van der Waals surface area contributed by atoms with Gasteiger partial charge in [-0.2, -0.15) is 0 Å². The van der Waals surface area contributed by atoms with Gasteiger partial charge in [0.15, 0.2) is 11.6 Å². The first-order valence-electron chi connectivity index (χ1n) is 12.0. The topological polar surface area (TPSA) is 82.1 Å². The standard InChI is InChI=1S/C25H36O6/c1-16(27)25(28)7-6-20-19-5-4-18-13-24(30-10-11-31-24)9-8-22(18,2)21(19)17(14-29-15-26)12-23(20,25)3/h4,15,17,19-21,28H,5-14H2,1-3H3/t17-,19?,20?,21?,22-,23?,25-/m0/s1. The van der Waals surface area contributed by atoms with Crippen molar-refractivity contribution >= 4 is 12.3 Å². The summed E-state index contributed by atoms with van der Waals surface area (Å²) in [5.74, 6) is 0.564. The average Bonchev–Trinajstić information content (AvgIpc) is 3.30. The number of aliphatic hydroxyl groups is 1. The Morgan fingerprint density at radius 2 is 2.00 bits per heavy atom. The van der Waals surface area contributed by atoms with E-state index in [0.29, 0.717) is 56.9 Å². The van der Waals surface area contributed by atoms with E-state index in [-0.39, 0.29) is 17.1 Å². The Balaban J connectivity index is 1.53. The predicted octanol–water partition coefficient (Wildman–Crippen LogP) is 3.41. The largest absolute Gasteiger partial charge is 0.468 e. The van der Waals surface area contributed by atoms with Crippen LogP contribution in [0.15, 0.2) is 11.6 Å². The van der Waals surface area contributed by atoms with Crippen LogP contribution in [0.25, 0.3) is 0 Å². The molecule has 6 heteroatoms. The predicted molar refractivity (Wildman–Crippen MR) is 113 cm³/mol. The molecule has 0 aromatic rings. The molecule has 1 N–H and O–H groups in total. The number of fused-ring (bicyclic) bond motifs is 5. The first kappa shape index (κ1) is 21.6. The molecule has 1 saturated heterocycles. The number of allylic oxidation sites excluding steroid dienone is 1. The number of ketones is 1. The first-order chi connectivity index (χ1) is 14.7. The maximum absolute atomic E-state index is 12.6. The van der Waals surface area contributed by atoms with Gasteiger partial charge in [-0.25, -0.2) is 0 Å². The number of carbonyl (C=O) groups is 2. The van der Waals surface area contributed by atoms with Crippen molar-refractivity contribution in [2.45, 2.75) is 77.1 Å². The summed E-state index contributed by atoms with van der Waals surface area (Å²) in [6.45, 7) is 8.22. The zero-order chi connectivity index (χ0) is 22.1. The third-order valence-corrected chi connectivity index (χ3v) is 10.1. The summed E-state index contributed by atoms with van der Waals surface area (Å²) in [6.07, 6.45) is 8.15. The van der Waals surface area contributed by atoms with Crippen molar-refractivity contribution < 1.29 is 28.9 Å². The molecule has 0 aromatic heterocycles. The fraction of sp³-hybridized carbons (Fsp3) is 0.840. The fourth-order valence-corrected chi connectivity index (χ4v) is 8.66. The van der Waals surface area contributed by atoms with Gasteiger partial charge in [0.2, 0.25) is 0 Å². The van der Waals surface area contributed by atoms with Crippen molar-refractivity contribution in [2.24, 2.45) is 34.5 Å². The molecule has 4 unspecified atom stereocenters. The summed E-state index contributed by atoms with van der Waals surface area (Å²) in [5.41, 5.74) is -0.346. The summed E-state index contributed by atoms with van der Waals surface area (Å²) in [4.78, 5) is 23.7. The second-order valence-corrected chi connectivity index (χ2v) is 11.2. The molecule has 5 rings (SSSR count). The molecule has 5 aliphatic rings. The average molecular weight is 433 g/mol. The van der Waals surface area contributed by atoms with Crippen LogP contribution in [0.1, 0.15) is 65.7 Å². The Kier molecular flexibility index (Phi) is 4.97. The Hall–Kier alpha value is -1.24. The van der Waals surface area contributed by atoms with E-state index >= 15 is 0 Å². The van der Waals surface area contributed by atoms with Gasteiger partial charge < -0.3 is 19.3 Å². The number of hydrogen-bond donors (Lipinski definition) is 1.